The molecular weight excluding hydrogens is 298 g/mol. The van der Waals surface area contributed by atoms with Crippen LogP contribution in [0.3, 0.4) is 0 Å². The van der Waals surface area contributed by atoms with E-state index in [-0.39, 0.29) is 11.4 Å². The summed E-state index contributed by atoms with van der Waals surface area (Å²) in [5, 5.41) is 7.81. The van der Waals surface area contributed by atoms with Crippen molar-refractivity contribution in [3.8, 4) is 11.3 Å². The fourth-order valence-corrected chi connectivity index (χ4v) is 5.84. The summed E-state index contributed by atoms with van der Waals surface area (Å²) in [7, 11) is 1.90. The number of carbonyl (C=O) groups excluding carboxylic acids is 1. The molecular formula is C20H23N3O. The Morgan fingerprint density at radius 1 is 1.17 bits per heavy atom. The molecule has 4 aliphatic carbocycles. The molecule has 0 aliphatic heterocycles. The molecule has 1 heterocycles. The maximum absolute atomic E-state index is 13.1. The second-order valence-corrected chi connectivity index (χ2v) is 8.05. The fourth-order valence-electron chi connectivity index (χ4n) is 5.84. The van der Waals surface area contributed by atoms with Crippen molar-refractivity contribution in [2.75, 3.05) is 0 Å². The van der Waals surface area contributed by atoms with Crippen LogP contribution in [-0.4, -0.2) is 21.2 Å². The Labute approximate surface area is 142 Å². The summed E-state index contributed by atoms with van der Waals surface area (Å²) in [4.78, 5) is 13.1. The van der Waals surface area contributed by atoms with Crippen molar-refractivity contribution >= 4 is 5.91 Å². The SMILES string of the molecule is Cn1ncc(C(=O)N[C@]23C[C@@H]4C[C@@H](C[C@@H]2C4)C3)c1-c1ccccc1. The monoisotopic (exact) mass is 321 g/mol. The third-order valence-corrected chi connectivity index (χ3v) is 6.58. The van der Waals surface area contributed by atoms with E-state index in [0.717, 1.165) is 23.1 Å². The first kappa shape index (κ1) is 14.3. The molecule has 4 fully saturated rings. The molecule has 124 valence electrons. The number of nitrogens with zero attached hydrogens (tertiary/aromatic N) is 2. The molecule has 1 aromatic carbocycles. The molecule has 0 unspecified atom stereocenters. The Bertz CT molecular complexity index is 780. The van der Waals surface area contributed by atoms with Gasteiger partial charge in [-0.3, -0.25) is 9.48 Å². The lowest BCUT2D eigenvalue weighted by atomic mass is 9.80. The summed E-state index contributed by atoms with van der Waals surface area (Å²) in [6.45, 7) is 0. The van der Waals surface area contributed by atoms with Crippen LogP contribution in [-0.2, 0) is 7.05 Å². The van der Waals surface area contributed by atoms with Crippen molar-refractivity contribution in [2.24, 2.45) is 24.8 Å². The molecule has 1 amide bonds. The first-order chi connectivity index (χ1) is 11.6. The number of amides is 1. The molecule has 6 rings (SSSR count). The number of aromatic nitrogens is 2. The van der Waals surface area contributed by atoms with Gasteiger partial charge in [0.2, 0.25) is 0 Å². The summed E-state index contributed by atoms with van der Waals surface area (Å²) < 4.78 is 1.81. The van der Waals surface area contributed by atoms with Gasteiger partial charge in [-0.1, -0.05) is 30.3 Å². The molecule has 4 bridgehead atoms. The number of rotatable bonds is 3. The van der Waals surface area contributed by atoms with E-state index >= 15 is 0 Å². The lowest BCUT2D eigenvalue weighted by molar-refractivity contribution is 0.0875. The number of nitrogens with one attached hydrogen (secondary N) is 1. The van der Waals surface area contributed by atoms with Crippen LogP contribution in [0.5, 0.6) is 0 Å². The summed E-state index contributed by atoms with van der Waals surface area (Å²) in [5.41, 5.74) is 2.71. The van der Waals surface area contributed by atoms with Gasteiger partial charge < -0.3 is 5.32 Å². The van der Waals surface area contributed by atoms with Crippen LogP contribution in [0.15, 0.2) is 36.5 Å². The van der Waals surface area contributed by atoms with Gasteiger partial charge in [0.15, 0.2) is 0 Å². The molecule has 0 saturated heterocycles. The van der Waals surface area contributed by atoms with E-state index < -0.39 is 0 Å². The van der Waals surface area contributed by atoms with Gasteiger partial charge >= 0.3 is 0 Å². The van der Waals surface area contributed by atoms with Crippen molar-refractivity contribution in [3.63, 3.8) is 0 Å². The van der Waals surface area contributed by atoms with Gasteiger partial charge in [0, 0.05) is 18.2 Å². The lowest BCUT2D eigenvalue weighted by Crippen LogP contribution is -2.49. The maximum atomic E-state index is 13.1. The van der Waals surface area contributed by atoms with Crippen molar-refractivity contribution in [1.29, 1.82) is 0 Å². The number of hydrogen-bond acceptors (Lipinski definition) is 2. The summed E-state index contributed by atoms with van der Waals surface area (Å²) >= 11 is 0. The van der Waals surface area contributed by atoms with Gasteiger partial charge in [-0.15, -0.1) is 0 Å². The van der Waals surface area contributed by atoms with Crippen LogP contribution in [0.1, 0.15) is 42.5 Å². The molecule has 4 aliphatic rings. The van der Waals surface area contributed by atoms with E-state index in [1.807, 2.05) is 37.4 Å². The van der Waals surface area contributed by atoms with Crippen LogP contribution >= 0.6 is 0 Å². The Hall–Kier alpha value is -2.10. The topological polar surface area (TPSA) is 46.9 Å². The second kappa shape index (κ2) is 4.95. The highest BCUT2D eigenvalue weighted by Crippen LogP contribution is 2.60. The highest BCUT2D eigenvalue weighted by molar-refractivity contribution is 6.00. The zero-order chi connectivity index (χ0) is 16.3. The van der Waals surface area contributed by atoms with Crippen molar-refractivity contribution in [2.45, 2.75) is 37.6 Å². The van der Waals surface area contributed by atoms with Crippen LogP contribution in [0.4, 0.5) is 0 Å². The average molecular weight is 321 g/mol. The number of aryl methyl sites for hydroxylation is 1. The molecule has 24 heavy (non-hydrogen) atoms. The minimum atomic E-state index is 0.0511. The maximum Gasteiger partial charge on any atom is 0.255 e. The minimum absolute atomic E-state index is 0.0511. The predicted molar refractivity (Wildman–Crippen MR) is 92.4 cm³/mol. The number of benzene rings is 1. The summed E-state index contributed by atoms with van der Waals surface area (Å²) in [6, 6.07) is 10.1. The number of carbonyl (C=O) groups is 1. The van der Waals surface area contributed by atoms with Gasteiger partial charge in [-0.25, -0.2) is 0 Å². The Balaban J connectivity index is 1.47. The zero-order valence-corrected chi connectivity index (χ0v) is 14.0. The van der Waals surface area contributed by atoms with Crippen LogP contribution in [0.2, 0.25) is 0 Å². The quantitative estimate of drug-likeness (QED) is 0.942. The molecule has 0 radical (unpaired) electrons. The average Bonchev–Trinajstić information content (AvgIpc) is 3.14. The highest BCUT2D eigenvalue weighted by atomic mass is 16.1. The van der Waals surface area contributed by atoms with Crippen LogP contribution in [0, 0.1) is 17.8 Å². The highest BCUT2D eigenvalue weighted by Gasteiger charge is 2.58. The summed E-state index contributed by atoms with van der Waals surface area (Å²) in [5.74, 6) is 2.42. The molecule has 4 atom stereocenters. The van der Waals surface area contributed by atoms with Crippen LogP contribution < -0.4 is 5.32 Å². The standard InChI is InChI=1S/C20H23N3O/c1-23-18(15-5-3-2-4-6-15)17(12-21-23)19(24)22-20-10-13-7-14(11-20)9-16(20)8-13/h2-6,12-14,16H,7-11H2,1H3,(H,22,24)/t13-,14+,16+,20+. The Morgan fingerprint density at radius 3 is 2.58 bits per heavy atom. The van der Waals surface area contributed by atoms with Crippen molar-refractivity contribution in [3.05, 3.63) is 42.1 Å². The fraction of sp³-hybridized carbons (Fsp3) is 0.500. The van der Waals surface area contributed by atoms with E-state index in [9.17, 15) is 4.79 Å². The first-order valence-corrected chi connectivity index (χ1v) is 9.04. The van der Waals surface area contributed by atoms with Gasteiger partial charge in [0.05, 0.1) is 17.5 Å². The smallest absolute Gasteiger partial charge is 0.255 e. The van der Waals surface area contributed by atoms with E-state index in [0.29, 0.717) is 11.5 Å². The second-order valence-electron chi connectivity index (χ2n) is 8.05. The molecule has 1 N–H and O–H groups in total. The Kier molecular flexibility index (Phi) is 2.94. The lowest BCUT2D eigenvalue weighted by Gasteiger charge is -2.34. The Morgan fingerprint density at radius 2 is 1.88 bits per heavy atom. The van der Waals surface area contributed by atoms with E-state index in [1.54, 1.807) is 10.9 Å². The predicted octanol–water partition coefficient (Wildman–Crippen LogP) is 3.40. The van der Waals surface area contributed by atoms with E-state index in [2.05, 4.69) is 10.4 Å². The third-order valence-electron chi connectivity index (χ3n) is 6.58. The molecule has 0 spiro atoms. The first-order valence-electron chi connectivity index (χ1n) is 9.04. The largest absolute Gasteiger partial charge is 0.346 e. The molecule has 4 heteroatoms. The zero-order valence-electron chi connectivity index (χ0n) is 14.0. The van der Waals surface area contributed by atoms with Crippen molar-refractivity contribution < 1.29 is 4.79 Å². The number of hydrogen-bond donors (Lipinski definition) is 1. The van der Waals surface area contributed by atoms with E-state index in [1.165, 1.54) is 32.1 Å². The summed E-state index contributed by atoms with van der Waals surface area (Å²) in [6.07, 6.45) is 8.09. The van der Waals surface area contributed by atoms with Crippen molar-refractivity contribution in [1.82, 2.24) is 15.1 Å². The molecule has 4 saturated carbocycles. The van der Waals surface area contributed by atoms with Gasteiger partial charge in [0.1, 0.15) is 0 Å². The van der Waals surface area contributed by atoms with E-state index in [4.69, 9.17) is 0 Å². The van der Waals surface area contributed by atoms with Crippen LogP contribution in [0.25, 0.3) is 11.3 Å². The van der Waals surface area contributed by atoms with Gasteiger partial charge in [-0.05, 0) is 49.9 Å². The third kappa shape index (κ3) is 1.98. The van der Waals surface area contributed by atoms with Gasteiger partial charge in [-0.2, -0.15) is 5.10 Å². The molecule has 2 aromatic rings. The molecule has 4 nitrogen and oxygen atoms in total. The minimum Gasteiger partial charge on any atom is -0.346 e. The van der Waals surface area contributed by atoms with Gasteiger partial charge in [0.25, 0.3) is 5.91 Å². The molecule has 1 aromatic heterocycles. The normalized spacial score (nSPS) is 33.1.